The number of rotatable bonds is 8. The highest BCUT2D eigenvalue weighted by Crippen LogP contribution is 2.23. The van der Waals surface area contributed by atoms with Gasteiger partial charge < -0.3 is 10.1 Å². The number of sulfonamides is 1. The van der Waals surface area contributed by atoms with Crippen molar-refractivity contribution in [3.05, 3.63) is 59.5 Å². The molecular formula is C21H22N4O4S2. The summed E-state index contributed by atoms with van der Waals surface area (Å²) in [6.45, 7) is 1.61. The predicted molar refractivity (Wildman–Crippen MR) is 118 cm³/mol. The number of ether oxygens (including phenoxy) is 1. The molecule has 0 unspecified atom stereocenters. The van der Waals surface area contributed by atoms with E-state index in [9.17, 15) is 13.2 Å². The van der Waals surface area contributed by atoms with E-state index in [2.05, 4.69) is 15.5 Å². The largest absolute Gasteiger partial charge is 0.475 e. The molecule has 8 nitrogen and oxygen atoms in total. The zero-order valence-corrected chi connectivity index (χ0v) is 18.4. The van der Waals surface area contributed by atoms with Crippen molar-refractivity contribution in [3.8, 4) is 16.5 Å². The second-order valence-electron chi connectivity index (χ2n) is 6.97. The van der Waals surface area contributed by atoms with Crippen molar-refractivity contribution < 1.29 is 17.9 Å². The molecule has 1 fully saturated rings. The molecule has 3 heterocycles. The minimum atomic E-state index is -3.48. The Bertz CT molecular complexity index is 1110. The van der Waals surface area contributed by atoms with Crippen LogP contribution in [0.5, 0.6) is 5.88 Å². The lowest BCUT2D eigenvalue weighted by Gasteiger charge is -2.15. The molecule has 1 aliphatic heterocycles. The van der Waals surface area contributed by atoms with Crippen LogP contribution in [0.25, 0.3) is 10.6 Å². The molecule has 31 heavy (non-hydrogen) atoms. The minimum absolute atomic E-state index is 0.207. The summed E-state index contributed by atoms with van der Waals surface area (Å²) >= 11 is 1.59. The molecular weight excluding hydrogens is 436 g/mol. The van der Waals surface area contributed by atoms with Gasteiger partial charge in [0.15, 0.2) is 0 Å². The van der Waals surface area contributed by atoms with Crippen molar-refractivity contribution in [2.24, 2.45) is 0 Å². The number of nitrogens with zero attached hydrogens (tertiary/aromatic N) is 3. The van der Waals surface area contributed by atoms with Gasteiger partial charge in [0, 0.05) is 24.7 Å². The molecule has 1 aromatic carbocycles. The zero-order valence-electron chi connectivity index (χ0n) is 16.7. The Morgan fingerprint density at radius 2 is 1.84 bits per heavy atom. The number of carbonyl (C=O) groups excluding carboxylic acids is 1. The van der Waals surface area contributed by atoms with E-state index in [0.29, 0.717) is 24.5 Å². The third kappa shape index (κ3) is 5.09. The Labute approximate surface area is 184 Å². The number of hydrogen-bond acceptors (Lipinski definition) is 7. The summed E-state index contributed by atoms with van der Waals surface area (Å²) in [5.41, 5.74) is 1.17. The molecule has 1 N–H and O–H groups in total. The monoisotopic (exact) mass is 458 g/mol. The second-order valence-corrected chi connectivity index (χ2v) is 9.86. The Kier molecular flexibility index (Phi) is 6.59. The van der Waals surface area contributed by atoms with Crippen LogP contribution in [0.3, 0.4) is 0 Å². The summed E-state index contributed by atoms with van der Waals surface area (Å²) in [5.74, 6) is 0.0823. The third-order valence-corrected chi connectivity index (χ3v) is 7.68. The van der Waals surface area contributed by atoms with E-state index >= 15 is 0 Å². The molecule has 0 radical (unpaired) electrons. The van der Waals surface area contributed by atoms with Crippen LogP contribution in [0.2, 0.25) is 0 Å². The summed E-state index contributed by atoms with van der Waals surface area (Å²) < 4.78 is 32.1. The van der Waals surface area contributed by atoms with Crippen LogP contribution in [0.4, 0.5) is 0 Å². The lowest BCUT2D eigenvalue weighted by atomic mass is 10.2. The Morgan fingerprint density at radius 1 is 1.06 bits per heavy atom. The molecule has 1 amide bonds. The van der Waals surface area contributed by atoms with Gasteiger partial charge in [0.1, 0.15) is 12.3 Å². The first kappa shape index (κ1) is 21.4. The Hall–Kier alpha value is -2.82. The second kappa shape index (κ2) is 9.54. The summed E-state index contributed by atoms with van der Waals surface area (Å²) in [6, 6.07) is 13.5. The van der Waals surface area contributed by atoms with Gasteiger partial charge in [-0.1, -0.05) is 6.07 Å². The molecule has 10 heteroatoms. The summed E-state index contributed by atoms with van der Waals surface area (Å²) in [6.07, 6.45) is 1.76. The molecule has 1 aliphatic rings. The first-order chi connectivity index (χ1) is 15.0. The fourth-order valence-electron chi connectivity index (χ4n) is 3.23. The van der Waals surface area contributed by atoms with Crippen LogP contribution < -0.4 is 10.1 Å². The summed E-state index contributed by atoms with van der Waals surface area (Å²) in [7, 11) is -3.48. The number of hydrogen-bond donors (Lipinski definition) is 1. The van der Waals surface area contributed by atoms with Crippen LogP contribution >= 0.6 is 11.3 Å². The van der Waals surface area contributed by atoms with E-state index in [4.69, 9.17) is 4.74 Å². The highest BCUT2D eigenvalue weighted by Gasteiger charge is 2.27. The fourth-order valence-corrected chi connectivity index (χ4v) is 5.44. The third-order valence-electron chi connectivity index (χ3n) is 4.87. The molecule has 4 rings (SSSR count). The number of nitrogens with one attached hydrogen (secondary N) is 1. The standard InChI is InChI=1S/C21H22N4O4S2/c26-21(16-5-7-17(8-6-16)31(27,28)25-12-1-2-13-25)22-11-14-29-20-10-9-18(23-24-20)19-4-3-15-30-19/h3-10,15H,1-2,11-14H2,(H,22,26). The number of amides is 1. The maximum absolute atomic E-state index is 12.5. The van der Waals surface area contributed by atoms with Gasteiger partial charge in [-0.15, -0.1) is 21.5 Å². The molecule has 2 aromatic heterocycles. The van der Waals surface area contributed by atoms with Gasteiger partial charge in [-0.25, -0.2) is 8.42 Å². The van der Waals surface area contributed by atoms with Crippen LogP contribution in [-0.2, 0) is 10.0 Å². The normalized spacial score (nSPS) is 14.5. The average Bonchev–Trinajstić information content (AvgIpc) is 3.52. The molecule has 3 aromatic rings. The van der Waals surface area contributed by atoms with Crippen molar-refractivity contribution in [1.29, 1.82) is 0 Å². The SMILES string of the molecule is O=C(NCCOc1ccc(-c2cccs2)nn1)c1ccc(S(=O)(=O)N2CCCC2)cc1. The first-order valence-corrected chi connectivity index (χ1v) is 12.2. The van der Waals surface area contributed by atoms with E-state index in [-0.39, 0.29) is 24.0 Å². The van der Waals surface area contributed by atoms with E-state index in [1.54, 1.807) is 17.4 Å². The zero-order chi connectivity index (χ0) is 21.7. The lowest BCUT2D eigenvalue weighted by Crippen LogP contribution is -2.29. The Morgan fingerprint density at radius 3 is 2.48 bits per heavy atom. The number of carbonyl (C=O) groups is 1. The first-order valence-electron chi connectivity index (χ1n) is 9.93. The Balaban J connectivity index is 1.25. The van der Waals surface area contributed by atoms with Gasteiger partial charge in [0.05, 0.1) is 16.3 Å². The number of aromatic nitrogens is 2. The van der Waals surface area contributed by atoms with Crippen molar-refractivity contribution in [2.75, 3.05) is 26.2 Å². The molecule has 0 bridgehead atoms. The maximum Gasteiger partial charge on any atom is 0.251 e. The molecule has 162 valence electrons. The quantitative estimate of drug-likeness (QED) is 0.521. The van der Waals surface area contributed by atoms with E-state index in [1.807, 2.05) is 23.6 Å². The fraction of sp³-hybridized carbons (Fsp3) is 0.286. The lowest BCUT2D eigenvalue weighted by molar-refractivity contribution is 0.0946. The van der Waals surface area contributed by atoms with Crippen molar-refractivity contribution in [3.63, 3.8) is 0 Å². The summed E-state index contributed by atoms with van der Waals surface area (Å²) in [4.78, 5) is 13.5. The van der Waals surface area contributed by atoms with Gasteiger partial charge in [-0.3, -0.25) is 4.79 Å². The van der Waals surface area contributed by atoms with Crippen LogP contribution in [0.1, 0.15) is 23.2 Å². The number of benzene rings is 1. The predicted octanol–water partition coefficient (Wildman–Crippen LogP) is 2.80. The smallest absolute Gasteiger partial charge is 0.251 e. The van der Waals surface area contributed by atoms with E-state index in [1.165, 1.54) is 28.6 Å². The van der Waals surface area contributed by atoms with Crippen molar-refractivity contribution in [2.45, 2.75) is 17.7 Å². The topological polar surface area (TPSA) is 101 Å². The number of thiophene rings is 1. The van der Waals surface area contributed by atoms with Crippen molar-refractivity contribution in [1.82, 2.24) is 19.8 Å². The van der Waals surface area contributed by atoms with Gasteiger partial charge in [-0.2, -0.15) is 4.31 Å². The van der Waals surface area contributed by atoms with Gasteiger partial charge >= 0.3 is 0 Å². The van der Waals surface area contributed by atoms with Crippen LogP contribution in [-0.4, -0.2) is 55.1 Å². The van der Waals surface area contributed by atoms with Crippen molar-refractivity contribution >= 4 is 27.3 Å². The van der Waals surface area contributed by atoms with Crippen LogP contribution in [0, 0.1) is 0 Å². The van der Waals surface area contributed by atoms with Gasteiger partial charge in [-0.05, 0) is 54.6 Å². The molecule has 1 saturated heterocycles. The van der Waals surface area contributed by atoms with Gasteiger partial charge in [0.25, 0.3) is 5.91 Å². The highest BCUT2D eigenvalue weighted by molar-refractivity contribution is 7.89. The molecule has 0 atom stereocenters. The maximum atomic E-state index is 12.5. The summed E-state index contributed by atoms with van der Waals surface area (Å²) in [5, 5.41) is 12.9. The molecule has 0 spiro atoms. The van der Waals surface area contributed by atoms with Crippen LogP contribution in [0.15, 0.2) is 58.8 Å². The van der Waals surface area contributed by atoms with E-state index < -0.39 is 10.0 Å². The highest BCUT2D eigenvalue weighted by atomic mass is 32.2. The minimum Gasteiger partial charge on any atom is -0.475 e. The van der Waals surface area contributed by atoms with Gasteiger partial charge in [0.2, 0.25) is 15.9 Å². The average molecular weight is 459 g/mol. The van der Waals surface area contributed by atoms with E-state index in [0.717, 1.165) is 23.4 Å². The molecule has 0 aliphatic carbocycles. The molecule has 0 saturated carbocycles.